The first-order chi connectivity index (χ1) is 16.6. The van der Waals surface area contributed by atoms with Gasteiger partial charge in [-0.15, -0.1) is 0 Å². The van der Waals surface area contributed by atoms with Gasteiger partial charge in [0.1, 0.15) is 6.61 Å². The van der Waals surface area contributed by atoms with E-state index in [4.69, 9.17) is 4.74 Å². The highest BCUT2D eigenvalue weighted by Crippen LogP contribution is 2.44. The molecule has 3 N–H and O–H groups in total. The summed E-state index contributed by atoms with van der Waals surface area (Å²) >= 11 is 0. The number of amides is 2. The van der Waals surface area contributed by atoms with Crippen LogP contribution in [0, 0.1) is 5.41 Å². The Morgan fingerprint density at radius 3 is 2.06 bits per heavy atom. The fourth-order valence-corrected chi connectivity index (χ4v) is 4.93. The third-order valence-corrected chi connectivity index (χ3v) is 6.81. The Labute approximate surface area is 199 Å². The van der Waals surface area contributed by atoms with E-state index in [1.807, 2.05) is 48.5 Å². The van der Waals surface area contributed by atoms with Crippen molar-refractivity contribution in [1.29, 1.82) is 0 Å². The number of carboxylic acid groups (broad SMARTS) is 1. The van der Waals surface area contributed by atoms with E-state index in [0.717, 1.165) is 22.3 Å². The minimum Gasteiger partial charge on any atom is -0.481 e. The molecule has 2 amide bonds. The molecule has 0 spiro atoms. The Morgan fingerprint density at radius 1 is 1.00 bits per heavy atom. The van der Waals surface area contributed by atoms with Gasteiger partial charge in [0, 0.05) is 12.5 Å². The molecule has 0 heterocycles. The van der Waals surface area contributed by atoms with E-state index in [0.29, 0.717) is 12.8 Å². The Bertz CT molecular complexity index is 1080. The van der Waals surface area contributed by atoms with Crippen molar-refractivity contribution in [2.75, 3.05) is 13.2 Å². The monoisotopic (exact) mass is 490 g/mol. The van der Waals surface area contributed by atoms with Crippen LogP contribution < -0.4 is 10.6 Å². The molecule has 0 aliphatic heterocycles. The largest absolute Gasteiger partial charge is 0.481 e. The number of carbonyl (C=O) groups excluding carboxylic acids is 2. The van der Waals surface area contributed by atoms with Gasteiger partial charge >= 0.3 is 18.2 Å². The van der Waals surface area contributed by atoms with Crippen molar-refractivity contribution < 1.29 is 37.4 Å². The molecule has 0 radical (unpaired) electrons. The molecule has 10 heteroatoms. The zero-order chi connectivity index (χ0) is 25.2. The fraction of sp³-hybridized carbons (Fsp3) is 0.400. The lowest BCUT2D eigenvalue weighted by molar-refractivity contribution is -0.168. The number of aliphatic carboxylic acids is 1. The van der Waals surface area contributed by atoms with Gasteiger partial charge in [-0.05, 0) is 35.1 Å². The molecule has 1 unspecified atom stereocenters. The van der Waals surface area contributed by atoms with Gasteiger partial charge in [-0.2, -0.15) is 13.2 Å². The van der Waals surface area contributed by atoms with Crippen LogP contribution in [0.15, 0.2) is 48.5 Å². The fourth-order valence-electron chi connectivity index (χ4n) is 4.93. The van der Waals surface area contributed by atoms with Gasteiger partial charge in [0.05, 0.1) is 5.41 Å². The topological polar surface area (TPSA) is 105 Å². The van der Waals surface area contributed by atoms with Crippen molar-refractivity contribution in [3.05, 3.63) is 59.7 Å². The van der Waals surface area contributed by atoms with Gasteiger partial charge in [-0.25, -0.2) is 4.79 Å². The Kier molecular flexibility index (Phi) is 6.73. The Balaban J connectivity index is 1.41. The summed E-state index contributed by atoms with van der Waals surface area (Å²) in [4.78, 5) is 36.3. The molecule has 1 fully saturated rings. The van der Waals surface area contributed by atoms with Crippen LogP contribution in [0.1, 0.15) is 42.7 Å². The summed E-state index contributed by atoms with van der Waals surface area (Å²) in [6, 6.07) is 12.1. The summed E-state index contributed by atoms with van der Waals surface area (Å²) in [5.74, 6) is -3.05. The quantitative estimate of drug-likeness (QED) is 0.539. The lowest BCUT2D eigenvalue weighted by Crippen LogP contribution is -2.56. The SMILES string of the molecule is O=C(NC(C(=O)NCC1(C(=O)O)CCCC1)C(F)(F)F)OCC1c2ccccc2-c2ccccc21. The van der Waals surface area contributed by atoms with Crippen LogP contribution in [0.25, 0.3) is 11.1 Å². The van der Waals surface area contributed by atoms with E-state index in [1.165, 1.54) is 0 Å². The number of ether oxygens (including phenoxy) is 1. The van der Waals surface area contributed by atoms with Crippen LogP contribution in [-0.2, 0) is 14.3 Å². The first kappa shape index (κ1) is 24.6. The molecule has 4 rings (SSSR count). The minimum absolute atomic E-state index is 0.214. The predicted molar refractivity (Wildman–Crippen MR) is 120 cm³/mol. The number of alkyl halides is 3. The summed E-state index contributed by atoms with van der Waals surface area (Å²) in [6.45, 7) is -0.658. The summed E-state index contributed by atoms with van der Waals surface area (Å²) in [5, 5.41) is 13.1. The minimum atomic E-state index is -5.10. The van der Waals surface area contributed by atoms with Crippen molar-refractivity contribution >= 4 is 18.0 Å². The number of halogens is 3. The van der Waals surface area contributed by atoms with E-state index in [2.05, 4.69) is 5.32 Å². The molecule has 0 aromatic heterocycles. The number of fused-ring (bicyclic) bond motifs is 3. The maximum Gasteiger partial charge on any atom is 0.417 e. The zero-order valence-corrected chi connectivity index (χ0v) is 18.7. The van der Waals surface area contributed by atoms with Gasteiger partial charge < -0.3 is 20.5 Å². The number of nitrogens with one attached hydrogen (secondary N) is 2. The van der Waals surface area contributed by atoms with E-state index in [-0.39, 0.29) is 25.4 Å². The predicted octanol–water partition coefficient (Wildman–Crippen LogP) is 4.22. The molecular formula is C25H25F3N2O5. The average molecular weight is 490 g/mol. The van der Waals surface area contributed by atoms with Crippen molar-refractivity contribution in [2.24, 2.45) is 5.41 Å². The number of alkyl carbamates (subject to hydrolysis) is 1. The van der Waals surface area contributed by atoms with Crippen molar-refractivity contribution in [2.45, 2.75) is 43.8 Å². The smallest absolute Gasteiger partial charge is 0.417 e. The standard InChI is InChI=1S/C25H25F3N2O5/c26-25(27,28)20(21(31)29-14-24(22(32)33)11-5-6-12-24)30-23(34)35-13-19-17-9-3-1-7-15(17)16-8-2-4-10-18(16)19/h1-4,7-10,19-20H,5-6,11-14H2,(H,29,31)(H,30,34)(H,32,33). The molecular weight excluding hydrogens is 465 g/mol. The van der Waals surface area contributed by atoms with Gasteiger partial charge in [0.15, 0.2) is 0 Å². The second-order valence-electron chi connectivity index (χ2n) is 8.95. The number of rotatable bonds is 7. The van der Waals surface area contributed by atoms with E-state index in [1.54, 1.807) is 5.32 Å². The molecule has 2 aliphatic carbocycles. The highest BCUT2D eigenvalue weighted by atomic mass is 19.4. The van der Waals surface area contributed by atoms with Gasteiger partial charge in [-0.1, -0.05) is 61.4 Å². The van der Waals surface area contributed by atoms with E-state index in [9.17, 15) is 32.7 Å². The second kappa shape index (κ2) is 9.59. The van der Waals surface area contributed by atoms with E-state index >= 15 is 0 Å². The molecule has 1 atom stereocenters. The molecule has 2 aromatic carbocycles. The van der Waals surface area contributed by atoms with Gasteiger partial charge in [0.25, 0.3) is 5.91 Å². The molecule has 35 heavy (non-hydrogen) atoms. The zero-order valence-electron chi connectivity index (χ0n) is 18.7. The van der Waals surface area contributed by atoms with Crippen molar-refractivity contribution in [3.8, 4) is 11.1 Å². The van der Waals surface area contributed by atoms with Crippen LogP contribution in [-0.4, -0.2) is 48.4 Å². The first-order valence-electron chi connectivity index (χ1n) is 11.3. The summed E-state index contributed by atoms with van der Waals surface area (Å²) in [5.41, 5.74) is 2.41. The second-order valence-corrected chi connectivity index (χ2v) is 8.95. The highest BCUT2D eigenvalue weighted by molar-refractivity contribution is 5.87. The Hall–Kier alpha value is -3.56. The number of hydrogen-bond donors (Lipinski definition) is 3. The van der Waals surface area contributed by atoms with Gasteiger partial charge in [0.2, 0.25) is 6.04 Å². The lowest BCUT2D eigenvalue weighted by atomic mass is 9.86. The summed E-state index contributed by atoms with van der Waals surface area (Å²) in [7, 11) is 0. The third kappa shape index (κ3) is 4.96. The molecule has 7 nitrogen and oxygen atoms in total. The van der Waals surface area contributed by atoms with Crippen LogP contribution in [0.3, 0.4) is 0 Å². The highest BCUT2D eigenvalue weighted by Gasteiger charge is 2.48. The van der Waals surface area contributed by atoms with Crippen molar-refractivity contribution in [3.63, 3.8) is 0 Å². The normalized spacial score (nSPS) is 17.2. The molecule has 0 bridgehead atoms. The van der Waals surface area contributed by atoms with Crippen LogP contribution in [0.4, 0.5) is 18.0 Å². The van der Waals surface area contributed by atoms with Crippen LogP contribution in [0.5, 0.6) is 0 Å². The number of benzene rings is 2. The van der Waals surface area contributed by atoms with E-state index < -0.39 is 42.1 Å². The lowest BCUT2D eigenvalue weighted by Gasteiger charge is -2.26. The number of carbonyl (C=O) groups is 3. The Morgan fingerprint density at radius 2 is 1.54 bits per heavy atom. The summed E-state index contributed by atoms with van der Waals surface area (Å²) in [6.07, 6.45) is -4.73. The molecule has 0 saturated heterocycles. The maximum atomic E-state index is 13.6. The van der Waals surface area contributed by atoms with Crippen LogP contribution >= 0.6 is 0 Å². The number of carboxylic acids is 1. The maximum absolute atomic E-state index is 13.6. The molecule has 186 valence electrons. The van der Waals surface area contributed by atoms with Crippen LogP contribution in [0.2, 0.25) is 0 Å². The number of hydrogen-bond acceptors (Lipinski definition) is 4. The average Bonchev–Trinajstić information content (AvgIpc) is 3.43. The summed E-state index contributed by atoms with van der Waals surface area (Å²) < 4.78 is 45.8. The first-order valence-corrected chi connectivity index (χ1v) is 11.3. The molecule has 2 aromatic rings. The molecule has 1 saturated carbocycles. The van der Waals surface area contributed by atoms with Gasteiger partial charge in [-0.3, -0.25) is 9.59 Å². The third-order valence-electron chi connectivity index (χ3n) is 6.81. The van der Waals surface area contributed by atoms with Crippen molar-refractivity contribution in [1.82, 2.24) is 10.6 Å². The molecule has 2 aliphatic rings.